The quantitative estimate of drug-likeness (QED) is 0.601. The summed E-state index contributed by atoms with van der Waals surface area (Å²) in [5, 5.41) is 0. The average Bonchev–Trinajstić information content (AvgIpc) is 2.19. The fourth-order valence-corrected chi connectivity index (χ4v) is 1.11. The monoisotopic (exact) mass is 172 g/mol. The fourth-order valence-electron chi connectivity index (χ4n) is 1.11. The summed E-state index contributed by atoms with van der Waals surface area (Å²) in [7, 11) is 0. The molecular weight excluding hydrogens is 156 g/mol. The highest BCUT2D eigenvalue weighted by atomic mass is 13.9. The molecule has 0 unspecified atom stereocenters. The third-order valence-corrected chi connectivity index (χ3v) is 1.78. The molecule has 0 radical (unpaired) electrons. The van der Waals surface area contributed by atoms with Crippen molar-refractivity contribution in [1.29, 1.82) is 0 Å². The molecule has 0 amide bonds. The molecule has 0 aliphatic rings. The van der Waals surface area contributed by atoms with Crippen LogP contribution in [-0.4, -0.2) is 0 Å². The van der Waals surface area contributed by atoms with E-state index in [4.69, 9.17) is 0 Å². The van der Waals surface area contributed by atoms with Gasteiger partial charge in [0.05, 0.1) is 0 Å². The number of rotatable bonds is 4. The van der Waals surface area contributed by atoms with Gasteiger partial charge in [0.15, 0.2) is 0 Å². The van der Waals surface area contributed by atoms with Gasteiger partial charge in [-0.1, -0.05) is 61.6 Å². The SMILES string of the molecule is CC/C=C/C/C=C\c1ccccc1. The fraction of sp³-hybridized carbons (Fsp3) is 0.231. The van der Waals surface area contributed by atoms with Crippen LogP contribution < -0.4 is 0 Å². The molecule has 0 bridgehead atoms. The standard InChI is InChI=1S/C13H16/c1-2-3-4-5-7-10-13-11-8-6-9-12-13/h3-4,6-12H,2,5H2,1H3/b4-3+,10-7-. The molecule has 1 rings (SSSR count). The van der Waals surface area contributed by atoms with Crippen LogP contribution in [0.2, 0.25) is 0 Å². The van der Waals surface area contributed by atoms with Gasteiger partial charge >= 0.3 is 0 Å². The van der Waals surface area contributed by atoms with E-state index in [1.165, 1.54) is 5.56 Å². The first-order valence-electron chi connectivity index (χ1n) is 4.80. The van der Waals surface area contributed by atoms with Crippen molar-refractivity contribution in [2.24, 2.45) is 0 Å². The van der Waals surface area contributed by atoms with Gasteiger partial charge in [-0.05, 0) is 18.4 Å². The first-order chi connectivity index (χ1) is 6.43. The smallest absolute Gasteiger partial charge is 0.0166 e. The number of hydrogen-bond acceptors (Lipinski definition) is 0. The minimum absolute atomic E-state index is 1.03. The lowest BCUT2D eigenvalue weighted by molar-refractivity contribution is 1.20. The van der Waals surface area contributed by atoms with Crippen molar-refractivity contribution >= 4 is 6.08 Å². The van der Waals surface area contributed by atoms with Gasteiger partial charge in [0.25, 0.3) is 0 Å². The molecule has 0 fully saturated rings. The molecule has 68 valence electrons. The van der Waals surface area contributed by atoms with Crippen molar-refractivity contribution in [1.82, 2.24) is 0 Å². The summed E-state index contributed by atoms with van der Waals surface area (Å²) < 4.78 is 0. The van der Waals surface area contributed by atoms with Crippen LogP contribution in [-0.2, 0) is 0 Å². The van der Waals surface area contributed by atoms with Crippen LogP contribution in [0.15, 0.2) is 48.6 Å². The van der Waals surface area contributed by atoms with Crippen molar-refractivity contribution < 1.29 is 0 Å². The third-order valence-electron chi connectivity index (χ3n) is 1.78. The van der Waals surface area contributed by atoms with Gasteiger partial charge in [0, 0.05) is 0 Å². The Hall–Kier alpha value is -1.30. The van der Waals surface area contributed by atoms with E-state index >= 15 is 0 Å². The number of benzene rings is 1. The molecule has 0 aliphatic carbocycles. The highest BCUT2D eigenvalue weighted by molar-refractivity contribution is 5.48. The largest absolute Gasteiger partial charge is 0.0885 e. The van der Waals surface area contributed by atoms with Gasteiger partial charge in [-0.2, -0.15) is 0 Å². The Balaban J connectivity index is 2.37. The van der Waals surface area contributed by atoms with E-state index in [2.05, 4.69) is 55.5 Å². The lowest BCUT2D eigenvalue weighted by atomic mass is 10.2. The molecule has 13 heavy (non-hydrogen) atoms. The Labute approximate surface area is 80.6 Å². The van der Waals surface area contributed by atoms with Crippen molar-refractivity contribution in [2.75, 3.05) is 0 Å². The second-order valence-corrected chi connectivity index (χ2v) is 2.93. The Morgan fingerprint density at radius 2 is 1.77 bits per heavy atom. The summed E-state index contributed by atoms with van der Waals surface area (Å²) in [4.78, 5) is 0. The van der Waals surface area contributed by atoms with E-state index < -0.39 is 0 Å². The predicted octanol–water partition coefficient (Wildman–Crippen LogP) is 4.06. The van der Waals surface area contributed by atoms with Gasteiger partial charge in [0.1, 0.15) is 0 Å². The molecule has 0 spiro atoms. The van der Waals surface area contributed by atoms with Gasteiger partial charge in [0.2, 0.25) is 0 Å². The lowest BCUT2D eigenvalue weighted by Crippen LogP contribution is -1.67. The van der Waals surface area contributed by atoms with E-state index in [1.54, 1.807) is 0 Å². The zero-order chi connectivity index (χ0) is 9.36. The first-order valence-corrected chi connectivity index (χ1v) is 4.80. The van der Waals surface area contributed by atoms with E-state index in [1.807, 2.05) is 6.07 Å². The molecule has 0 aliphatic heterocycles. The molecule has 0 nitrogen and oxygen atoms in total. The molecule has 0 atom stereocenters. The number of hydrogen-bond donors (Lipinski definition) is 0. The van der Waals surface area contributed by atoms with Crippen LogP contribution in [0.5, 0.6) is 0 Å². The summed E-state index contributed by atoms with van der Waals surface area (Å²) >= 11 is 0. The molecule has 0 aromatic heterocycles. The maximum Gasteiger partial charge on any atom is -0.0166 e. The Bertz CT molecular complexity index is 267. The molecular formula is C13H16. The highest BCUT2D eigenvalue weighted by Gasteiger charge is 1.80. The van der Waals surface area contributed by atoms with E-state index in [0.717, 1.165) is 12.8 Å². The summed E-state index contributed by atoms with van der Waals surface area (Å²) in [6, 6.07) is 10.4. The Morgan fingerprint density at radius 3 is 2.46 bits per heavy atom. The summed E-state index contributed by atoms with van der Waals surface area (Å²) in [6.45, 7) is 2.15. The third kappa shape index (κ3) is 4.32. The van der Waals surface area contributed by atoms with E-state index in [0.29, 0.717) is 0 Å². The van der Waals surface area contributed by atoms with Crippen LogP contribution in [0.3, 0.4) is 0 Å². The second-order valence-electron chi connectivity index (χ2n) is 2.93. The van der Waals surface area contributed by atoms with Gasteiger partial charge < -0.3 is 0 Å². The predicted molar refractivity (Wildman–Crippen MR) is 59.5 cm³/mol. The van der Waals surface area contributed by atoms with Gasteiger partial charge in [-0.15, -0.1) is 0 Å². The lowest BCUT2D eigenvalue weighted by Gasteiger charge is -1.89. The summed E-state index contributed by atoms with van der Waals surface area (Å²) in [5.74, 6) is 0. The Kier molecular flexibility index (Phi) is 4.70. The van der Waals surface area contributed by atoms with Crippen molar-refractivity contribution in [3.05, 3.63) is 54.1 Å². The maximum absolute atomic E-state index is 2.19. The zero-order valence-electron chi connectivity index (χ0n) is 8.11. The van der Waals surface area contributed by atoms with Crippen molar-refractivity contribution in [2.45, 2.75) is 19.8 Å². The minimum atomic E-state index is 1.03. The molecule has 0 saturated carbocycles. The molecule has 1 aromatic carbocycles. The average molecular weight is 172 g/mol. The zero-order valence-corrected chi connectivity index (χ0v) is 8.11. The van der Waals surface area contributed by atoms with Crippen LogP contribution in [0.1, 0.15) is 25.3 Å². The van der Waals surface area contributed by atoms with Crippen LogP contribution in [0.25, 0.3) is 6.08 Å². The Morgan fingerprint density at radius 1 is 1.00 bits per heavy atom. The molecule has 0 saturated heterocycles. The highest BCUT2D eigenvalue weighted by Crippen LogP contribution is 2.01. The van der Waals surface area contributed by atoms with Crippen LogP contribution >= 0.6 is 0 Å². The summed E-state index contributed by atoms with van der Waals surface area (Å²) in [5.41, 5.74) is 1.27. The minimum Gasteiger partial charge on any atom is -0.0885 e. The summed E-state index contributed by atoms with van der Waals surface area (Å²) in [6.07, 6.45) is 10.9. The van der Waals surface area contributed by atoms with Crippen molar-refractivity contribution in [3.63, 3.8) is 0 Å². The number of allylic oxidation sites excluding steroid dienone is 3. The van der Waals surface area contributed by atoms with E-state index in [-0.39, 0.29) is 0 Å². The maximum atomic E-state index is 2.19. The van der Waals surface area contributed by atoms with Crippen LogP contribution in [0, 0.1) is 0 Å². The van der Waals surface area contributed by atoms with Gasteiger partial charge in [-0.25, -0.2) is 0 Å². The molecule has 1 aromatic rings. The molecule has 0 N–H and O–H groups in total. The van der Waals surface area contributed by atoms with Crippen molar-refractivity contribution in [3.8, 4) is 0 Å². The second kappa shape index (κ2) is 6.24. The van der Waals surface area contributed by atoms with Gasteiger partial charge in [-0.3, -0.25) is 0 Å². The van der Waals surface area contributed by atoms with Crippen LogP contribution in [0.4, 0.5) is 0 Å². The van der Waals surface area contributed by atoms with E-state index in [9.17, 15) is 0 Å². The topological polar surface area (TPSA) is 0 Å². The first kappa shape index (κ1) is 9.79. The molecule has 0 heterocycles. The molecule has 0 heteroatoms. The normalized spacial score (nSPS) is 11.5.